The number of nitrogens with one attached hydrogen (secondary N) is 1. The summed E-state index contributed by atoms with van der Waals surface area (Å²) in [5.74, 6) is 3.20. The predicted molar refractivity (Wildman–Crippen MR) is 119 cm³/mol. The number of carbonyl (C=O) groups excluding carboxylic acids is 1. The van der Waals surface area contributed by atoms with Crippen LogP contribution >= 0.6 is 23.5 Å². The smallest absolute Gasteiger partial charge is 0.254 e. The van der Waals surface area contributed by atoms with E-state index < -0.39 is 0 Å². The first kappa shape index (κ1) is 21.5. The second-order valence-electron chi connectivity index (χ2n) is 6.74. The first-order valence-electron chi connectivity index (χ1n) is 9.45. The minimum absolute atomic E-state index is 0.0877. The van der Waals surface area contributed by atoms with E-state index in [4.69, 9.17) is 4.52 Å². The summed E-state index contributed by atoms with van der Waals surface area (Å²) in [5.41, 5.74) is 5.11. The van der Waals surface area contributed by atoms with Crippen molar-refractivity contribution in [2.75, 3.05) is 12.3 Å². The van der Waals surface area contributed by atoms with Crippen molar-refractivity contribution in [3.8, 4) is 0 Å². The number of rotatable bonds is 9. The third-order valence-corrected chi connectivity index (χ3v) is 6.53. The molecule has 3 rings (SSSR count). The van der Waals surface area contributed by atoms with Gasteiger partial charge in [0.25, 0.3) is 5.91 Å². The fraction of sp³-hybridized carbons (Fsp3) is 0.318. The zero-order chi connectivity index (χ0) is 20.6. The topological polar surface area (TPSA) is 68.0 Å². The van der Waals surface area contributed by atoms with Gasteiger partial charge in [-0.05, 0) is 38.5 Å². The predicted octanol–water partition coefficient (Wildman–Crippen LogP) is 4.95. The fourth-order valence-electron chi connectivity index (χ4n) is 2.73. The van der Waals surface area contributed by atoms with Gasteiger partial charge in [0.05, 0.1) is 11.3 Å². The van der Waals surface area contributed by atoms with E-state index in [0.717, 1.165) is 33.5 Å². The maximum absolute atomic E-state index is 12.6. The number of benzene rings is 1. The highest BCUT2D eigenvalue weighted by Gasteiger charge is 2.15. The third kappa shape index (κ3) is 6.11. The number of carbonyl (C=O) groups is 1. The number of aryl methyl sites for hydroxylation is 3. The van der Waals surface area contributed by atoms with Crippen LogP contribution in [0.3, 0.4) is 0 Å². The second kappa shape index (κ2) is 10.5. The third-order valence-electron chi connectivity index (χ3n) is 4.47. The highest BCUT2D eigenvalue weighted by Crippen LogP contribution is 2.27. The monoisotopic (exact) mass is 427 g/mol. The van der Waals surface area contributed by atoms with Crippen LogP contribution in [0.15, 0.2) is 52.1 Å². The van der Waals surface area contributed by atoms with Gasteiger partial charge in [-0.15, -0.1) is 11.8 Å². The van der Waals surface area contributed by atoms with Crippen molar-refractivity contribution >= 4 is 29.4 Å². The van der Waals surface area contributed by atoms with Crippen LogP contribution in [0.4, 0.5) is 0 Å². The van der Waals surface area contributed by atoms with Gasteiger partial charge >= 0.3 is 0 Å². The number of pyridine rings is 1. The lowest BCUT2D eigenvalue weighted by Gasteiger charge is -2.09. The van der Waals surface area contributed by atoms with Crippen molar-refractivity contribution in [2.24, 2.45) is 0 Å². The maximum atomic E-state index is 12.6. The van der Waals surface area contributed by atoms with Crippen molar-refractivity contribution < 1.29 is 9.32 Å². The van der Waals surface area contributed by atoms with Crippen LogP contribution in [0, 0.1) is 20.8 Å². The summed E-state index contributed by atoms with van der Waals surface area (Å²) in [5, 5.41) is 7.71. The largest absolute Gasteiger partial charge is 0.361 e. The van der Waals surface area contributed by atoms with Crippen molar-refractivity contribution in [2.45, 2.75) is 37.3 Å². The molecule has 1 aromatic carbocycles. The van der Waals surface area contributed by atoms with Crippen molar-refractivity contribution in [1.82, 2.24) is 15.5 Å². The number of nitrogens with zero attached hydrogens (tertiary/aromatic N) is 2. The van der Waals surface area contributed by atoms with Crippen molar-refractivity contribution in [3.63, 3.8) is 0 Å². The molecular formula is C22H25N3O2S2. The molecule has 152 valence electrons. The van der Waals surface area contributed by atoms with Crippen LogP contribution in [-0.2, 0) is 11.5 Å². The summed E-state index contributed by atoms with van der Waals surface area (Å²) in [6.45, 7) is 6.53. The molecule has 0 saturated heterocycles. The molecule has 0 unspecified atom stereocenters. The van der Waals surface area contributed by atoms with Gasteiger partial charge in [0.1, 0.15) is 10.8 Å². The van der Waals surface area contributed by atoms with E-state index in [1.54, 1.807) is 12.3 Å². The lowest BCUT2D eigenvalue weighted by Crippen LogP contribution is -2.26. The molecule has 2 aromatic heterocycles. The van der Waals surface area contributed by atoms with Crippen LogP contribution in [-0.4, -0.2) is 28.3 Å². The van der Waals surface area contributed by atoms with Gasteiger partial charge in [-0.25, -0.2) is 4.98 Å². The van der Waals surface area contributed by atoms with Gasteiger partial charge in [-0.1, -0.05) is 35.0 Å². The summed E-state index contributed by atoms with van der Waals surface area (Å²) in [7, 11) is 0. The molecule has 0 saturated carbocycles. The summed E-state index contributed by atoms with van der Waals surface area (Å²) >= 11 is 3.34. The highest BCUT2D eigenvalue weighted by atomic mass is 32.2. The van der Waals surface area contributed by atoms with Gasteiger partial charge in [0.2, 0.25) is 0 Å². The van der Waals surface area contributed by atoms with Gasteiger partial charge in [0.15, 0.2) is 0 Å². The van der Waals surface area contributed by atoms with Gasteiger partial charge in [-0.3, -0.25) is 4.79 Å². The normalized spacial score (nSPS) is 10.9. The Morgan fingerprint density at radius 1 is 1.10 bits per heavy atom. The van der Waals surface area contributed by atoms with Crippen LogP contribution in [0.5, 0.6) is 0 Å². The lowest BCUT2D eigenvalue weighted by molar-refractivity contribution is 0.0952. The second-order valence-corrected chi connectivity index (χ2v) is 8.81. The van der Waals surface area contributed by atoms with Gasteiger partial charge in [0, 0.05) is 35.6 Å². The van der Waals surface area contributed by atoms with E-state index >= 15 is 0 Å². The summed E-state index contributed by atoms with van der Waals surface area (Å²) < 4.78 is 5.21. The Balaban J connectivity index is 1.48. The molecule has 3 aromatic rings. The van der Waals surface area contributed by atoms with Crippen LogP contribution in [0.2, 0.25) is 0 Å². The zero-order valence-corrected chi connectivity index (χ0v) is 18.5. The van der Waals surface area contributed by atoms with Crippen molar-refractivity contribution in [1.29, 1.82) is 0 Å². The fourth-order valence-corrected chi connectivity index (χ4v) is 4.70. The molecular weight excluding hydrogens is 402 g/mol. The summed E-state index contributed by atoms with van der Waals surface area (Å²) in [6, 6.07) is 12.2. The Hall–Kier alpha value is -2.25. The number of amides is 1. The van der Waals surface area contributed by atoms with Gasteiger partial charge in [-0.2, -0.15) is 11.8 Å². The summed E-state index contributed by atoms with van der Waals surface area (Å²) in [4.78, 5) is 17.0. The van der Waals surface area contributed by atoms with E-state index in [2.05, 4.69) is 46.6 Å². The van der Waals surface area contributed by atoms with Gasteiger partial charge < -0.3 is 9.84 Å². The van der Waals surface area contributed by atoms with Crippen LogP contribution in [0.1, 0.15) is 38.5 Å². The molecule has 7 heteroatoms. The minimum atomic E-state index is -0.0877. The summed E-state index contributed by atoms with van der Waals surface area (Å²) in [6.07, 6.45) is 1.71. The molecule has 0 bridgehead atoms. The maximum Gasteiger partial charge on any atom is 0.254 e. The van der Waals surface area contributed by atoms with E-state index in [-0.39, 0.29) is 5.91 Å². The van der Waals surface area contributed by atoms with E-state index in [9.17, 15) is 4.79 Å². The first-order chi connectivity index (χ1) is 14.0. The van der Waals surface area contributed by atoms with Crippen molar-refractivity contribution in [3.05, 3.63) is 76.3 Å². The minimum Gasteiger partial charge on any atom is -0.361 e. The average Bonchev–Trinajstić information content (AvgIpc) is 3.05. The molecule has 0 radical (unpaired) electrons. The molecule has 0 fully saturated rings. The first-order valence-corrected chi connectivity index (χ1v) is 11.6. The molecule has 0 aliphatic heterocycles. The zero-order valence-electron chi connectivity index (χ0n) is 16.9. The number of thioether (sulfide) groups is 2. The van der Waals surface area contributed by atoms with E-state index in [1.165, 1.54) is 22.9 Å². The van der Waals surface area contributed by atoms with Crippen LogP contribution in [0.25, 0.3) is 0 Å². The Morgan fingerprint density at radius 3 is 2.62 bits per heavy atom. The molecule has 5 nitrogen and oxygen atoms in total. The molecule has 0 aliphatic carbocycles. The van der Waals surface area contributed by atoms with E-state index in [0.29, 0.717) is 17.9 Å². The Morgan fingerprint density at radius 2 is 1.90 bits per heavy atom. The molecule has 0 atom stereocenters. The van der Waals surface area contributed by atoms with E-state index in [1.807, 2.05) is 31.7 Å². The molecule has 29 heavy (non-hydrogen) atoms. The Bertz CT molecular complexity index is 935. The molecule has 1 N–H and O–H groups in total. The standard InChI is InChI=1S/C22H25N3O2S2/c1-15-6-8-18(9-7-15)13-28-12-11-23-21(26)19-5-4-10-24-22(19)29-14-20-16(2)25-27-17(20)3/h4-10H,11-14H2,1-3H3,(H,23,26). The molecule has 0 spiro atoms. The Kier molecular flexibility index (Phi) is 7.77. The molecule has 2 heterocycles. The average molecular weight is 428 g/mol. The quantitative estimate of drug-likeness (QED) is 0.385. The van der Waals surface area contributed by atoms with Crippen LogP contribution < -0.4 is 5.32 Å². The molecule has 0 aliphatic rings. The molecule has 1 amide bonds. The SMILES string of the molecule is Cc1ccc(CSCCNC(=O)c2cccnc2SCc2c(C)noc2C)cc1. The Labute approximate surface area is 180 Å². The lowest BCUT2D eigenvalue weighted by atomic mass is 10.2. The highest BCUT2D eigenvalue weighted by molar-refractivity contribution is 7.98. The number of aromatic nitrogens is 2. The number of hydrogen-bond acceptors (Lipinski definition) is 6. The number of hydrogen-bond donors (Lipinski definition) is 1.